The third-order valence-electron chi connectivity index (χ3n) is 5.19. The highest BCUT2D eigenvalue weighted by Crippen LogP contribution is 2.29. The number of amides is 1. The zero-order valence-electron chi connectivity index (χ0n) is 16.3. The van der Waals surface area contributed by atoms with Gasteiger partial charge in [0.2, 0.25) is 0 Å². The van der Waals surface area contributed by atoms with Gasteiger partial charge in [-0.2, -0.15) is 0 Å². The van der Waals surface area contributed by atoms with Crippen molar-refractivity contribution >= 4 is 5.91 Å². The Morgan fingerprint density at radius 1 is 1.03 bits per heavy atom. The fourth-order valence-corrected chi connectivity index (χ4v) is 3.66. The minimum atomic E-state index is -0.151. The number of para-hydroxylation sites is 2. The lowest BCUT2D eigenvalue weighted by Crippen LogP contribution is -2.32. The summed E-state index contributed by atoms with van der Waals surface area (Å²) in [5.41, 5.74) is 7.46. The molecule has 0 unspecified atom stereocenters. The van der Waals surface area contributed by atoms with E-state index in [0.717, 1.165) is 5.56 Å². The smallest absolute Gasteiger partial charge is 0.289 e. The number of carbonyl (C=O) groups is 1. The summed E-state index contributed by atoms with van der Waals surface area (Å²) < 4.78 is 16.8. The van der Waals surface area contributed by atoms with Gasteiger partial charge in [-0.25, -0.2) is 0 Å². The average Bonchev–Trinajstić information content (AvgIpc) is 3.39. The van der Waals surface area contributed by atoms with E-state index in [1.807, 2.05) is 42.5 Å². The molecule has 29 heavy (non-hydrogen) atoms. The van der Waals surface area contributed by atoms with Gasteiger partial charge in [0.1, 0.15) is 12.4 Å². The zero-order chi connectivity index (χ0) is 20.2. The van der Waals surface area contributed by atoms with Gasteiger partial charge < -0.3 is 24.5 Å². The molecule has 1 aliphatic heterocycles. The highest BCUT2D eigenvalue weighted by Gasteiger charge is 2.35. The van der Waals surface area contributed by atoms with Crippen LogP contribution in [0, 0.1) is 0 Å². The molecule has 2 heterocycles. The number of nitrogens with zero attached hydrogens (tertiary/aromatic N) is 1. The molecule has 0 radical (unpaired) electrons. The molecule has 4 rings (SSSR count). The van der Waals surface area contributed by atoms with Crippen LogP contribution in [-0.4, -0.2) is 37.0 Å². The molecule has 1 aliphatic rings. The van der Waals surface area contributed by atoms with Crippen molar-refractivity contribution < 1.29 is 18.7 Å². The van der Waals surface area contributed by atoms with Crippen LogP contribution in [0.15, 0.2) is 71.1 Å². The van der Waals surface area contributed by atoms with Crippen molar-refractivity contribution in [1.82, 2.24) is 4.90 Å². The number of ether oxygens (including phenoxy) is 2. The standard InChI is InChI=1S/C23H24N2O4/c1-27-20-9-5-6-10-21(20)28-15-17-11-12-22(29-17)23(26)25-13-18(19(24)14-25)16-7-3-2-4-8-16/h2-12,18-19H,13-15,24H2,1H3/t18-,19+/m0/s1. The van der Waals surface area contributed by atoms with Crippen molar-refractivity contribution in [3.05, 3.63) is 83.8 Å². The van der Waals surface area contributed by atoms with Crippen LogP contribution in [0.1, 0.15) is 27.8 Å². The quantitative estimate of drug-likeness (QED) is 0.695. The lowest BCUT2D eigenvalue weighted by atomic mass is 9.95. The van der Waals surface area contributed by atoms with E-state index >= 15 is 0 Å². The minimum absolute atomic E-state index is 0.0929. The number of hydrogen-bond donors (Lipinski definition) is 1. The molecule has 6 heteroatoms. The SMILES string of the molecule is COc1ccccc1OCc1ccc(C(=O)N2C[C@@H](N)[C@H](c3ccccc3)C2)o1. The zero-order valence-corrected chi connectivity index (χ0v) is 16.3. The first-order valence-corrected chi connectivity index (χ1v) is 9.60. The third-order valence-corrected chi connectivity index (χ3v) is 5.19. The van der Waals surface area contributed by atoms with E-state index in [0.29, 0.717) is 36.1 Å². The van der Waals surface area contributed by atoms with Crippen LogP contribution < -0.4 is 15.2 Å². The monoisotopic (exact) mass is 392 g/mol. The van der Waals surface area contributed by atoms with E-state index in [1.54, 1.807) is 24.1 Å². The highest BCUT2D eigenvalue weighted by molar-refractivity contribution is 5.91. The number of rotatable bonds is 6. The van der Waals surface area contributed by atoms with Crippen molar-refractivity contribution in [1.29, 1.82) is 0 Å². The summed E-state index contributed by atoms with van der Waals surface area (Å²) in [7, 11) is 1.59. The molecule has 2 N–H and O–H groups in total. The van der Waals surface area contributed by atoms with E-state index in [4.69, 9.17) is 19.6 Å². The van der Waals surface area contributed by atoms with E-state index in [9.17, 15) is 4.79 Å². The molecule has 0 spiro atoms. The molecule has 1 fully saturated rings. The first-order valence-electron chi connectivity index (χ1n) is 9.60. The molecule has 6 nitrogen and oxygen atoms in total. The molecular weight excluding hydrogens is 368 g/mol. The molecule has 3 aromatic rings. The second-order valence-corrected chi connectivity index (χ2v) is 7.10. The van der Waals surface area contributed by atoms with E-state index in [1.165, 1.54) is 0 Å². The van der Waals surface area contributed by atoms with E-state index in [-0.39, 0.29) is 24.5 Å². The van der Waals surface area contributed by atoms with Crippen LogP contribution in [-0.2, 0) is 6.61 Å². The molecule has 2 aromatic carbocycles. The van der Waals surface area contributed by atoms with Crippen molar-refractivity contribution in [3.63, 3.8) is 0 Å². The second-order valence-electron chi connectivity index (χ2n) is 7.10. The molecule has 1 aromatic heterocycles. The topological polar surface area (TPSA) is 77.9 Å². The number of likely N-dealkylation sites (tertiary alicyclic amines) is 1. The van der Waals surface area contributed by atoms with Crippen LogP contribution in [0.25, 0.3) is 0 Å². The van der Waals surface area contributed by atoms with Gasteiger partial charge in [-0.1, -0.05) is 42.5 Å². The van der Waals surface area contributed by atoms with Crippen LogP contribution >= 0.6 is 0 Å². The van der Waals surface area contributed by atoms with Crippen LogP contribution in [0.5, 0.6) is 11.5 Å². The number of furan rings is 1. The van der Waals surface area contributed by atoms with Gasteiger partial charge in [0.25, 0.3) is 5.91 Å². The first-order chi connectivity index (χ1) is 14.2. The molecule has 0 aliphatic carbocycles. The van der Waals surface area contributed by atoms with Crippen molar-refractivity contribution in [3.8, 4) is 11.5 Å². The van der Waals surface area contributed by atoms with Gasteiger partial charge in [0, 0.05) is 25.0 Å². The molecule has 0 bridgehead atoms. The Labute approximate surface area is 169 Å². The van der Waals surface area contributed by atoms with Crippen LogP contribution in [0.3, 0.4) is 0 Å². The Bertz CT molecular complexity index is 970. The Morgan fingerprint density at radius 3 is 2.52 bits per heavy atom. The Morgan fingerprint density at radius 2 is 1.76 bits per heavy atom. The normalized spacial score (nSPS) is 18.6. The summed E-state index contributed by atoms with van der Waals surface area (Å²) in [6, 6.07) is 20.8. The van der Waals surface area contributed by atoms with Crippen molar-refractivity contribution in [2.24, 2.45) is 5.73 Å². The maximum Gasteiger partial charge on any atom is 0.289 e. The fourth-order valence-electron chi connectivity index (χ4n) is 3.66. The predicted octanol–water partition coefficient (Wildman–Crippen LogP) is 3.43. The number of hydrogen-bond acceptors (Lipinski definition) is 5. The summed E-state index contributed by atoms with van der Waals surface area (Å²) in [4.78, 5) is 14.6. The van der Waals surface area contributed by atoms with Gasteiger partial charge in [-0.05, 0) is 29.8 Å². The highest BCUT2D eigenvalue weighted by atomic mass is 16.5. The predicted molar refractivity (Wildman–Crippen MR) is 109 cm³/mol. The van der Waals surface area contributed by atoms with E-state index < -0.39 is 0 Å². The number of nitrogens with two attached hydrogens (primary N) is 1. The Balaban J connectivity index is 1.40. The molecular formula is C23H24N2O4. The Hall–Kier alpha value is -3.25. The number of carbonyl (C=O) groups excluding carboxylic acids is 1. The lowest BCUT2D eigenvalue weighted by Gasteiger charge is -2.15. The lowest BCUT2D eigenvalue weighted by molar-refractivity contribution is 0.0753. The summed E-state index contributed by atoms with van der Waals surface area (Å²) in [6.07, 6.45) is 0. The van der Waals surface area contributed by atoms with Crippen LogP contribution in [0.4, 0.5) is 0 Å². The van der Waals surface area contributed by atoms with Crippen molar-refractivity contribution in [2.45, 2.75) is 18.6 Å². The average molecular weight is 392 g/mol. The van der Waals surface area contributed by atoms with E-state index in [2.05, 4.69) is 12.1 Å². The number of methoxy groups -OCH3 is 1. The number of benzene rings is 2. The summed E-state index contributed by atoms with van der Waals surface area (Å²) in [5, 5.41) is 0. The summed E-state index contributed by atoms with van der Waals surface area (Å²) in [5.74, 6) is 2.11. The summed E-state index contributed by atoms with van der Waals surface area (Å²) in [6.45, 7) is 1.30. The van der Waals surface area contributed by atoms with Gasteiger partial charge in [-0.3, -0.25) is 4.79 Å². The second kappa shape index (κ2) is 8.41. The molecule has 1 amide bonds. The summed E-state index contributed by atoms with van der Waals surface area (Å²) >= 11 is 0. The molecule has 1 saturated heterocycles. The molecule has 150 valence electrons. The van der Waals surface area contributed by atoms with Gasteiger partial charge in [0.05, 0.1) is 7.11 Å². The van der Waals surface area contributed by atoms with Gasteiger partial charge >= 0.3 is 0 Å². The largest absolute Gasteiger partial charge is 0.493 e. The maximum absolute atomic E-state index is 12.9. The van der Waals surface area contributed by atoms with Gasteiger partial charge in [-0.15, -0.1) is 0 Å². The molecule has 2 atom stereocenters. The molecule has 0 saturated carbocycles. The first kappa shape index (κ1) is 19.1. The van der Waals surface area contributed by atoms with Crippen molar-refractivity contribution in [2.75, 3.05) is 20.2 Å². The van der Waals surface area contributed by atoms with Crippen LogP contribution in [0.2, 0.25) is 0 Å². The van der Waals surface area contributed by atoms with Gasteiger partial charge in [0.15, 0.2) is 17.3 Å². The Kier molecular flexibility index (Phi) is 5.53. The minimum Gasteiger partial charge on any atom is -0.493 e. The fraction of sp³-hybridized carbons (Fsp3) is 0.261. The maximum atomic E-state index is 12.9. The third kappa shape index (κ3) is 4.12.